The Bertz CT molecular complexity index is 468. The molecular weight excluding hydrogens is 276 g/mol. The molecular formula is C17H28N4O. The van der Waals surface area contributed by atoms with E-state index in [1.54, 1.807) is 0 Å². The third kappa shape index (κ3) is 7.11. The van der Waals surface area contributed by atoms with E-state index in [0.29, 0.717) is 13.0 Å². The van der Waals surface area contributed by atoms with Crippen molar-refractivity contribution in [3.63, 3.8) is 0 Å². The van der Waals surface area contributed by atoms with Crippen LogP contribution in [0.15, 0.2) is 29.3 Å². The van der Waals surface area contributed by atoms with Crippen molar-refractivity contribution in [2.75, 3.05) is 18.4 Å². The quantitative estimate of drug-likeness (QED) is 0.511. The molecule has 122 valence electrons. The average molecular weight is 304 g/mol. The van der Waals surface area contributed by atoms with Gasteiger partial charge in [0.15, 0.2) is 5.96 Å². The van der Waals surface area contributed by atoms with E-state index < -0.39 is 0 Å². The molecule has 0 aliphatic heterocycles. The summed E-state index contributed by atoms with van der Waals surface area (Å²) in [6.45, 7) is 8.54. The number of guanidine groups is 1. The summed E-state index contributed by atoms with van der Waals surface area (Å²) in [6, 6.07) is 7.83. The van der Waals surface area contributed by atoms with Gasteiger partial charge in [-0.2, -0.15) is 0 Å². The van der Waals surface area contributed by atoms with E-state index in [9.17, 15) is 4.79 Å². The molecule has 0 heterocycles. The first kappa shape index (κ1) is 18.0. The molecule has 0 aromatic heterocycles. The fourth-order valence-electron chi connectivity index (χ4n) is 1.90. The number of carbonyl (C=O) groups excluding carboxylic acids is 1. The summed E-state index contributed by atoms with van der Waals surface area (Å²) in [4.78, 5) is 16.1. The van der Waals surface area contributed by atoms with Gasteiger partial charge in [0.05, 0.1) is 6.54 Å². The van der Waals surface area contributed by atoms with E-state index >= 15 is 0 Å². The Hall–Kier alpha value is -2.04. The Morgan fingerprint density at radius 3 is 2.36 bits per heavy atom. The number of rotatable bonds is 8. The lowest BCUT2D eigenvalue weighted by atomic mass is 10.2. The van der Waals surface area contributed by atoms with Crippen molar-refractivity contribution in [1.29, 1.82) is 0 Å². The van der Waals surface area contributed by atoms with Crippen LogP contribution in [0.2, 0.25) is 0 Å². The first-order valence-corrected chi connectivity index (χ1v) is 8.10. The maximum atomic E-state index is 11.5. The van der Waals surface area contributed by atoms with Crippen molar-refractivity contribution in [3.8, 4) is 0 Å². The van der Waals surface area contributed by atoms with Crippen LogP contribution in [0, 0.1) is 0 Å². The number of hydrogen-bond acceptors (Lipinski definition) is 2. The van der Waals surface area contributed by atoms with E-state index in [2.05, 4.69) is 34.8 Å². The monoisotopic (exact) mass is 304 g/mol. The number of benzene rings is 1. The molecule has 0 fully saturated rings. The maximum absolute atomic E-state index is 11.5. The lowest BCUT2D eigenvalue weighted by molar-refractivity contribution is -0.116. The highest BCUT2D eigenvalue weighted by Gasteiger charge is 2.01. The molecule has 5 heteroatoms. The molecule has 0 unspecified atom stereocenters. The molecule has 0 bridgehead atoms. The topological polar surface area (TPSA) is 65.5 Å². The van der Waals surface area contributed by atoms with Gasteiger partial charge < -0.3 is 16.0 Å². The number of aliphatic imine (C=N–C) groups is 1. The van der Waals surface area contributed by atoms with Crippen LogP contribution in [-0.2, 0) is 11.3 Å². The van der Waals surface area contributed by atoms with Gasteiger partial charge in [0.1, 0.15) is 0 Å². The highest BCUT2D eigenvalue weighted by molar-refractivity contribution is 5.90. The first-order valence-electron chi connectivity index (χ1n) is 8.10. The van der Waals surface area contributed by atoms with Crippen molar-refractivity contribution in [2.45, 2.75) is 46.6 Å². The molecule has 1 amide bonds. The van der Waals surface area contributed by atoms with Gasteiger partial charge in [0.25, 0.3) is 0 Å². The second kappa shape index (κ2) is 10.7. The first-order chi connectivity index (χ1) is 10.7. The van der Waals surface area contributed by atoms with Crippen molar-refractivity contribution >= 4 is 17.6 Å². The van der Waals surface area contributed by atoms with Crippen molar-refractivity contribution in [1.82, 2.24) is 10.6 Å². The zero-order valence-electron chi connectivity index (χ0n) is 13.9. The molecule has 1 aromatic carbocycles. The van der Waals surface area contributed by atoms with Crippen molar-refractivity contribution in [2.24, 2.45) is 4.99 Å². The Morgan fingerprint density at radius 2 is 1.77 bits per heavy atom. The summed E-state index contributed by atoms with van der Waals surface area (Å²) < 4.78 is 0. The van der Waals surface area contributed by atoms with Crippen molar-refractivity contribution in [3.05, 3.63) is 29.8 Å². The summed E-state index contributed by atoms with van der Waals surface area (Å²) in [5.41, 5.74) is 1.95. The predicted molar refractivity (Wildman–Crippen MR) is 93.1 cm³/mol. The van der Waals surface area contributed by atoms with Gasteiger partial charge in [-0.15, -0.1) is 0 Å². The summed E-state index contributed by atoms with van der Waals surface area (Å²) >= 11 is 0. The number of amides is 1. The molecule has 0 spiro atoms. The molecule has 0 saturated carbocycles. The van der Waals surface area contributed by atoms with Gasteiger partial charge in [0.2, 0.25) is 5.91 Å². The highest BCUT2D eigenvalue weighted by atomic mass is 16.1. The second-order valence-corrected chi connectivity index (χ2v) is 5.12. The Kier molecular flexibility index (Phi) is 8.72. The summed E-state index contributed by atoms with van der Waals surface area (Å²) in [5.74, 6) is 0.899. The minimum atomic E-state index is 0.0615. The Morgan fingerprint density at radius 1 is 1.05 bits per heavy atom. The highest BCUT2D eigenvalue weighted by Crippen LogP contribution is 2.11. The van der Waals surface area contributed by atoms with Crippen LogP contribution >= 0.6 is 0 Å². The molecule has 0 aliphatic rings. The lowest BCUT2D eigenvalue weighted by Gasteiger charge is -2.10. The van der Waals surface area contributed by atoms with Gasteiger partial charge in [0, 0.05) is 25.2 Å². The number of hydrogen-bond donors (Lipinski definition) is 3. The fraction of sp³-hybridized carbons (Fsp3) is 0.529. The maximum Gasteiger partial charge on any atom is 0.224 e. The fourth-order valence-corrected chi connectivity index (χ4v) is 1.90. The molecule has 0 radical (unpaired) electrons. The summed E-state index contributed by atoms with van der Waals surface area (Å²) in [5, 5.41) is 9.38. The third-order valence-electron chi connectivity index (χ3n) is 3.02. The van der Waals surface area contributed by atoms with Crippen molar-refractivity contribution < 1.29 is 4.79 Å². The van der Waals surface area contributed by atoms with Gasteiger partial charge in [-0.25, -0.2) is 4.99 Å². The Balaban J connectivity index is 2.56. The molecule has 1 rings (SSSR count). The van der Waals surface area contributed by atoms with E-state index in [1.165, 1.54) is 0 Å². The molecule has 0 atom stereocenters. The van der Waals surface area contributed by atoms with E-state index in [1.807, 2.05) is 31.2 Å². The van der Waals surface area contributed by atoms with E-state index in [-0.39, 0.29) is 5.91 Å². The van der Waals surface area contributed by atoms with Crippen LogP contribution in [0.4, 0.5) is 5.69 Å². The minimum Gasteiger partial charge on any atom is -0.357 e. The second-order valence-electron chi connectivity index (χ2n) is 5.12. The third-order valence-corrected chi connectivity index (χ3v) is 3.02. The van der Waals surface area contributed by atoms with Gasteiger partial charge in [-0.05, 0) is 37.5 Å². The molecule has 3 N–H and O–H groups in total. The van der Waals surface area contributed by atoms with E-state index in [4.69, 9.17) is 0 Å². The van der Waals surface area contributed by atoms with Gasteiger partial charge in [-0.3, -0.25) is 4.79 Å². The molecule has 5 nitrogen and oxygen atoms in total. The zero-order valence-corrected chi connectivity index (χ0v) is 13.9. The van der Waals surface area contributed by atoms with Crippen LogP contribution in [0.1, 0.15) is 45.6 Å². The van der Waals surface area contributed by atoms with Crippen LogP contribution < -0.4 is 16.0 Å². The minimum absolute atomic E-state index is 0.0615. The SMILES string of the molecule is CCCNC(=NCc1ccc(NC(=O)CCC)cc1)NCC. The summed E-state index contributed by atoms with van der Waals surface area (Å²) in [6.07, 6.45) is 2.48. The zero-order chi connectivity index (χ0) is 16.2. The van der Waals surface area contributed by atoms with Crippen LogP contribution in [0.3, 0.4) is 0 Å². The largest absolute Gasteiger partial charge is 0.357 e. The van der Waals surface area contributed by atoms with Gasteiger partial charge in [-0.1, -0.05) is 26.0 Å². The Labute approximate surface area is 133 Å². The number of nitrogens with one attached hydrogen (secondary N) is 3. The van der Waals surface area contributed by atoms with Crippen LogP contribution in [-0.4, -0.2) is 25.0 Å². The standard InChI is InChI=1S/C17H28N4O/c1-4-7-16(22)21-15-10-8-14(9-11-15)13-20-17(18-6-3)19-12-5-2/h8-11H,4-7,12-13H2,1-3H3,(H,21,22)(H2,18,19,20). The van der Waals surface area contributed by atoms with Gasteiger partial charge >= 0.3 is 0 Å². The number of nitrogens with zero attached hydrogens (tertiary/aromatic N) is 1. The predicted octanol–water partition coefficient (Wildman–Crippen LogP) is 2.89. The number of carbonyl (C=O) groups is 1. The van der Waals surface area contributed by atoms with Crippen LogP contribution in [0.25, 0.3) is 0 Å². The molecule has 1 aromatic rings. The normalized spacial score (nSPS) is 11.1. The average Bonchev–Trinajstić information content (AvgIpc) is 2.51. The molecule has 22 heavy (non-hydrogen) atoms. The number of anilines is 1. The molecule has 0 saturated heterocycles. The van der Waals surface area contributed by atoms with Crippen LogP contribution in [0.5, 0.6) is 0 Å². The smallest absolute Gasteiger partial charge is 0.224 e. The van der Waals surface area contributed by atoms with E-state index in [0.717, 1.165) is 43.1 Å². The summed E-state index contributed by atoms with van der Waals surface area (Å²) in [7, 11) is 0. The lowest BCUT2D eigenvalue weighted by Crippen LogP contribution is -2.37. The molecule has 0 aliphatic carbocycles.